The topological polar surface area (TPSA) is 44.8 Å². The molecule has 0 spiro atoms. The molecule has 0 heterocycles. The first-order valence-electron chi connectivity index (χ1n) is 14.0. The number of carbonyl (C=O) groups is 1. The largest absolute Gasteiger partial charge is 0.494 e. The number of rotatable bonds is 12. The normalized spacial score (nSPS) is 16.7. The van der Waals surface area contributed by atoms with Crippen molar-refractivity contribution in [3.63, 3.8) is 0 Å². The van der Waals surface area contributed by atoms with Crippen molar-refractivity contribution < 1.29 is 36.6 Å². The Morgan fingerprint density at radius 2 is 1.59 bits per heavy atom. The van der Waals surface area contributed by atoms with Crippen LogP contribution in [-0.4, -0.2) is 25.3 Å². The van der Waals surface area contributed by atoms with E-state index in [1.807, 2.05) is 0 Å². The molecule has 0 aliphatic heterocycles. The molecule has 0 aromatic heterocycles. The number of benzene rings is 3. The highest BCUT2D eigenvalue weighted by molar-refractivity contribution is 5.90. The van der Waals surface area contributed by atoms with E-state index in [9.17, 15) is 22.4 Å². The molecule has 3 aromatic carbocycles. The Hall–Kier alpha value is -3.81. The fraction of sp³-hybridized carbons (Fsp3) is 0.364. The number of ether oxygens (including phenoxy) is 3. The van der Waals surface area contributed by atoms with Crippen LogP contribution in [0, 0.1) is 23.3 Å². The van der Waals surface area contributed by atoms with E-state index in [0.717, 1.165) is 12.8 Å². The van der Waals surface area contributed by atoms with Gasteiger partial charge in [-0.1, -0.05) is 43.7 Å². The Kier molecular flexibility index (Phi) is 10.4. The molecule has 41 heavy (non-hydrogen) atoms. The van der Waals surface area contributed by atoms with Crippen LogP contribution in [0.4, 0.5) is 17.6 Å². The van der Waals surface area contributed by atoms with Crippen LogP contribution in [0.1, 0.15) is 73.7 Å². The fourth-order valence-electron chi connectivity index (χ4n) is 4.93. The van der Waals surface area contributed by atoms with Gasteiger partial charge in [-0.05, 0) is 79.8 Å². The van der Waals surface area contributed by atoms with Crippen molar-refractivity contribution in [2.24, 2.45) is 0 Å². The highest BCUT2D eigenvalue weighted by Crippen LogP contribution is 2.38. The van der Waals surface area contributed by atoms with Crippen LogP contribution < -0.4 is 9.47 Å². The molecule has 1 aliphatic carbocycles. The summed E-state index contributed by atoms with van der Waals surface area (Å²) in [6.07, 6.45) is 5.15. The second kappa shape index (κ2) is 14.2. The van der Waals surface area contributed by atoms with Gasteiger partial charge in [-0.15, -0.1) is 6.58 Å². The molecule has 0 radical (unpaired) electrons. The van der Waals surface area contributed by atoms with Gasteiger partial charge < -0.3 is 14.2 Å². The van der Waals surface area contributed by atoms with Gasteiger partial charge in [0.1, 0.15) is 11.9 Å². The molecule has 4 nitrogen and oxygen atoms in total. The summed E-state index contributed by atoms with van der Waals surface area (Å²) in [4.78, 5) is 12.7. The summed E-state index contributed by atoms with van der Waals surface area (Å²) in [6, 6.07) is 12.1. The molecule has 4 rings (SSSR count). The smallest absolute Gasteiger partial charge is 0.341 e. The van der Waals surface area contributed by atoms with E-state index in [2.05, 4.69) is 13.5 Å². The summed E-state index contributed by atoms with van der Waals surface area (Å²) in [6.45, 7) is 6.40. The Morgan fingerprint density at radius 3 is 2.27 bits per heavy atom. The first-order chi connectivity index (χ1) is 19.8. The van der Waals surface area contributed by atoms with Gasteiger partial charge in [-0.2, -0.15) is 4.39 Å². The molecule has 0 unspecified atom stereocenters. The molecular formula is C33H34F4O4. The van der Waals surface area contributed by atoms with E-state index >= 15 is 0 Å². The standard InChI is InChI=1S/C33H34F4O4/c1-3-5-19-39-23-11-7-21(8-12-23)25-15-16-27(31(36)29(25)34)33(38)41-24-13-9-22(10-14-24)26-17-18-28(32(37)30(26)35)40-20-6-4-2/h4,7-8,11-12,15-18,22,24H,2-3,5-6,9-10,13-14,19-20H2,1H3. The lowest BCUT2D eigenvalue weighted by Gasteiger charge is -2.29. The van der Waals surface area contributed by atoms with Gasteiger partial charge in [0, 0.05) is 5.56 Å². The summed E-state index contributed by atoms with van der Waals surface area (Å²) in [5.74, 6) is -5.14. The molecule has 0 bridgehead atoms. The zero-order valence-electron chi connectivity index (χ0n) is 23.1. The number of carbonyl (C=O) groups excluding carboxylic acids is 1. The van der Waals surface area contributed by atoms with Gasteiger partial charge >= 0.3 is 5.97 Å². The number of halogens is 4. The highest BCUT2D eigenvalue weighted by Gasteiger charge is 2.30. The number of esters is 1. The predicted molar refractivity (Wildman–Crippen MR) is 149 cm³/mol. The van der Waals surface area contributed by atoms with E-state index in [0.29, 0.717) is 50.0 Å². The Bertz CT molecular complexity index is 1350. The highest BCUT2D eigenvalue weighted by atomic mass is 19.2. The molecule has 8 heteroatoms. The maximum Gasteiger partial charge on any atom is 0.341 e. The summed E-state index contributed by atoms with van der Waals surface area (Å²) in [5.41, 5.74) is 0.217. The van der Waals surface area contributed by atoms with E-state index in [4.69, 9.17) is 14.2 Å². The molecule has 0 N–H and O–H groups in total. The summed E-state index contributed by atoms with van der Waals surface area (Å²) in [5, 5.41) is 0. The number of hydrogen-bond acceptors (Lipinski definition) is 4. The molecule has 0 atom stereocenters. The van der Waals surface area contributed by atoms with Gasteiger partial charge in [-0.25, -0.2) is 18.0 Å². The van der Waals surface area contributed by atoms with Gasteiger partial charge in [0.05, 0.1) is 18.8 Å². The fourth-order valence-corrected chi connectivity index (χ4v) is 4.93. The van der Waals surface area contributed by atoms with E-state index in [1.54, 1.807) is 30.3 Å². The third-order valence-electron chi connectivity index (χ3n) is 7.28. The predicted octanol–water partition coefficient (Wildman–Crippen LogP) is 8.93. The van der Waals surface area contributed by atoms with E-state index < -0.39 is 40.9 Å². The lowest BCUT2D eigenvalue weighted by Crippen LogP contribution is -2.25. The Labute approximate surface area is 237 Å². The average molecular weight is 571 g/mol. The van der Waals surface area contributed by atoms with Crippen molar-refractivity contribution in [3.8, 4) is 22.6 Å². The summed E-state index contributed by atoms with van der Waals surface area (Å²) in [7, 11) is 0. The van der Waals surface area contributed by atoms with Crippen LogP contribution in [0.3, 0.4) is 0 Å². The average Bonchev–Trinajstić information content (AvgIpc) is 2.98. The maximum atomic E-state index is 15.0. The maximum absolute atomic E-state index is 15.0. The molecule has 0 amide bonds. The number of unbranched alkanes of at least 4 members (excludes halogenated alkanes) is 1. The Morgan fingerprint density at radius 1 is 0.854 bits per heavy atom. The molecule has 218 valence electrons. The minimum Gasteiger partial charge on any atom is -0.494 e. The minimum absolute atomic E-state index is 0.0195. The van der Waals surface area contributed by atoms with Crippen molar-refractivity contribution in [1.82, 2.24) is 0 Å². The lowest BCUT2D eigenvalue weighted by atomic mass is 9.82. The van der Waals surface area contributed by atoms with Crippen molar-refractivity contribution in [2.75, 3.05) is 13.2 Å². The zero-order valence-corrected chi connectivity index (χ0v) is 23.1. The van der Waals surface area contributed by atoms with Crippen LogP contribution in [-0.2, 0) is 4.74 Å². The summed E-state index contributed by atoms with van der Waals surface area (Å²) < 4.78 is 75.5. The number of hydrogen-bond donors (Lipinski definition) is 0. The van der Waals surface area contributed by atoms with Crippen molar-refractivity contribution in [3.05, 3.63) is 95.6 Å². The molecular weight excluding hydrogens is 536 g/mol. The molecule has 1 saturated carbocycles. The van der Waals surface area contributed by atoms with Crippen LogP contribution in [0.25, 0.3) is 11.1 Å². The van der Waals surface area contributed by atoms with Gasteiger partial charge in [0.2, 0.25) is 5.82 Å². The second-order valence-electron chi connectivity index (χ2n) is 10.1. The molecule has 0 saturated heterocycles. The summed E-state index contributed by atoms with van der Waals surface area (Å²) >= 11 is 0. The lowest BCUT2D eigenvalue weighted by molar-refractivity contribution is 0.0188. The van der Waals surface area contributed by atoms with Crippen molar-refractivity contribution in [2.45, 2.75) is 63.9 Å². The van der Waals surface area contributed by atoms with Gasteiger partial charge in [0.15, 0.2) is 23.2 Å². The van der Waals surface area contributed by atoms with Crippen molar-refractivity contribution in [1.29, 1.82) is 0 Å². The van der Waals surface area contributed by atoms with E-state index in [-0.39, 0.29) is 29.4 Å². The van der Waals surface area contributed by atoms with Gasteiger partial charge in [0.25, 0.3) is 0 Å². The monoisotopic (exact) mass is 570 g/mol. The SMILES string of the molecule is C=CCCOc1ccc(C2CCC(OC(=O)c3ccc(-c4ccc(OCCCC)cc4)c(F)c3F)CC2)c(F)c1F. The zero-order chi connectivity index (χ0) is 29.4. The van der Waals surface area contributed by atoms with Crippen LogP contribution in [0.2, 0.25) is 0 Å². The quantitative estimate of drug-likeness (QED) is 0.0944. The first kappa shape index (κ1) is 30.2. The third kappa shape index (κ3) is 7.29. The second-order valence-corrected chi connectivity index (χ2v) is 10.1. The third-order valence-corrected chi connectivity index (χ3v) is 7.28. The molecule has 1 aliphatic rings. The van der Waals surface area contributed by atoms with Crippen LogP contribution in [0.15, 0.2) is 61.2 Å². The van der Waals surface area contributed by atoms with Crippen molar-refractivity contribution >= 4 is 5.97 Å². The van der Waals surface area contributed by atoms with Crippen LogP contribution >= 0.6 is 0 Å². The van der Waals surface area contributed by atoms with E-state index in [1.165, 1.54) is 24.3 Å². The minimum atomic E-state index is -1.28. The molecule has 3 aromatic rings. The first-order valence-corrected chi connectivity index (χ1v) is 14.0. The Balaban J connectivity index is 1.35. The molecule has 1 fully saturated rings. The van der Waals surface area contributed by atoms with Crippen LogP contribution in [0.5, 0.6) is 11.5 Å². The van der Waals surface area contributed by atoms with Gasteiger partial charge in [-0.3, -0.25) is 0 Å².